The molecule has 0 unspecified atom stereocenters. The van der Waals surface area contributed by atoms with Crippen LogP contribution in [0.4, 0.5) is 0 Å². The first kappa shape index (κ1) is 17.6. The lowest BCUT2D eigenvalue weighted by molar-refractivity contribution is -0.140. The Morgan fingerprint density at radius 1 is 1.38 bits per heavy atom. The van der Waals surface area contributed by atoms with Crippen LogP contribution in [-0.2, 0) is 14.3 Å². The second kappa shape index (κ2) is 9.50. The van der Waals surface area contributed by atoms with Crippen LogP contribution in [0.2, 0.25) is 0 Å². The maximum Gasteiger partial charge on any atom is 0.305 e. The number of unbranched alkanes of at least 4 members (excludes halogenated alkanes) is 3. The molecule has 1 N–H and O–H groups in total. The fourth-order valence-corrected chi connectivity index (χ4v) is 2.38. The fourth-order valence-electron chi connectivity index (χ4n) is 2.38. The quantitative estimate of drug-likeness (QED) is 0.403. The van der Waals surface area contributed by atoms with Crippen molar-refractivity contribution in [1.29, 1.82) is 0 Å². The second-order valence-corrected chi connectivity index (χ2v) is 5.61. The van der Waals surface area contributed by atoms with Crippen molar-refractivity contribution in [1.82, 2.24) is 0 Å². The Bertz CT molecular complexity index is 398. The summed E-state index contributed by atoms with van der Waals surface area (Å²) < 4.78 is 4.57. The summed E-state index contributed by atoms with van der Waals surface area (Å²) in [5, 5.41) is 9.87. The van der Waals surface area contributed by atoms with E-state index in [1.165, 1.54) is 7.11 Å². The molecule has 118 valence electrons. The highest BCUT2D eigenvalue weighted by Gasteiger charge is 2.23. The number of aliphatic hydroxyl groups excluding tert-OH is 1. The van der Waals surface area contributed by atoms with Crippen molar-refractivity contribution in [2.24, 2.45) is 11.8 Å². The first-order chi connectivity index (χ1) is 10.0. The maximum atomic E-state index is 11.4. The summed E-state index contributed by atoms with van der Waals surface area (Å²) >= 11 is 0. The molecule has 1 aliphatic rings. The summed E-state index contributed by atoms with van der Waals surface area (Å²) in [4.78, 5) is 22.3. The number of carbonyl (C=O) groups is 2. The standard InChI is InChI=1S/C17H26O4/c1-13-14(10-12-16(13)19)9-11-15(18)7-5-3-4-6-8-17(20)21-2/h9-15,18H,3-8H2,1-2H3/b11-9+/t13-,14+,15+/m1/s1. The van der Waals surface area contributed by atoms with Gasteiger partial charge in [-0.2, -0.15) is 0 Å². The number of hydrogen-bond acceptors (Lipinski definition) is 4. The molecule has 0 aromatic carbocycles. The molecular weight excluding hydrogens is 268 g/mol. The van der Waals surface area contributed by atoms with Gasteiger partial charge in [0.25, 0.3) is 0 Å². The van der Waals surface area contributed by atoms with Crippen molar-refractivity contribution in [3.63, 3.8) is 0 Å². The highest BCUT2D eigenvalue weighted by atomic mass is 16.5. The van der Waals surface area contributed by atoms with Crippen molar-refractivity contribution in [3.8, 4) is 0 Å². The normalized spacial score (nSPS) is 22.9. The molecule has 1 rings (SSSR count). The van der Waals surface area contributed by atoms with Gasteiger partial charge in [0.05, 0.1) is 13.2 Å². The second-order valence-electron chi connectivity index (χ2n) is 5.61. The third-order valence-electron chi connectivity index (χ3n) is 3.92. The number of carbonyl (C=O) groups excluding carboxylic acids is 2. The molecule has 0 radical (unpaired) electrons. The number of ketones is 1. The molecule has 0 aromatic heterocycles. The molecule has 0 saturated heterocycles. The van der Waals surface area contributed by atoms with Gasteiger partial charge in [0.15, 0.2) is 5.78 Å². The van der Waals surface area contributed by atoms with E-state index in [2.05, 4.69) is 4.74 Å². The molecule has 0 heterocycles. The summed E-state index contributed by atoms with van der Waals surface area (Å²) in [6, 6.07) is 0. The summed E-state index contributed by atoms with van der Waals surface area (Å²) in [6.45, 7) is 1.91. The van der Waals surface area contributed by atoms with Crippen molar-refractivity contribution >= 4 is 11.8 Å². The lowest BCUT2D eigenvalue weighted by atomic mass is 9.96. The van der Waals surface area contributed by atoms with E-state index in [9.17, 15) is 14.7 Å². The zero-order valence-corrected chi connectivity index (χ0v) is 13.0. The van der Waals surface area contributed by atoms with Crippen LogP contribution in [-0.4, -0.2) is 30.1 Å². The van der Waals surface area contributed by atoms with Gasteiger partial charge in [-0.05, 0) is 18.9 Å². The molecule has 0 aromatic rings. The van der Waals surface area contributed by atoms with Gasteiger partial charge >= 0.3 is 5.97 Å². The number of rotatable bonds is 9. The van der Waals surface area contributed by atoms with Crippen molar-refractivity contribution in [2.75, 3.05) is 7.11 Å². The van der Waals surface area contributed by atoms with E-state index in [0.29, 0.717) is 12.8 Å². The minimum Gasteiger partial charge on any atom is -0.469 e. The van der Waals surface area contributed by atoms with Crippen LogP contribution in [0.25, 0.3) is 0 Å². The predicted octanol–water partition coefficient (Wildman–Crippen LogP) is 2.81. The molecule has 3 atom stereocenters. The first-order valence-electron chi connectivity index (χ1n) is 7.70. The number of methoxy groups -OCH3 is 1. The largest absolute Gasteiger partial charge is 0.469 e. The number of aliphatic hydroxyl groups is 1. The van der Waals surface area contributed by atoms with E-state index in [1.54, 1.807) is 12.2 Å². The monoisotopic (exact) mass is 294 g/mol. The van der Waals surface area contributed by atoms with Gasteiger partial charge in [-0.3, -0.25) is 9.59 Å². The highest BCUT2D eigenvalue weighted by molar-refractivity contribution is 5.94. The van der Waals surface area contributed by atoms with Crippen LogP contribution >= 0.6 is 0 Å². The highest BCUT2D eigenvalue weighted by Crippen LogP contribution is 2.23. The summed E-state index contributed by atoms with van der Waals surface area (Å²) in [7, 11) is 1.40. The van der Waals surface area contributed by atoms with Crippen LogP contribution in [0, 0.1) is 11.8 Å². The Labute approximate surface area is 126 Å². The van der Waals surface area contributed by atoms with Crippen LogP contribution in [0.5, 0.6) is 0 Å². The van der Waals surface area contributed by atoms with E-state index < -0.39 is 6.10 Å². The number of esters is 1. The maximum absolute atomic E-state index is 11.4. The van der Waals surface area contributed by atoms with E-state index in [4.69, 9.17) is 0 Å². The van der Waals surface area contributed by atoms with Gasteiger partial charge in [-0.15, -0.1) is 0 Å². The predicted molar refractivity (Wildman–Crippen MR) is 81.7 cm³/mol. The molecular formula is C17H26O4. The van der Waals surface area contributed by atoms with E-state index in [-0.39, 0.29) is 23.6 Å². The van der Waals surface area contributed by atoms with Gasteiger partial charge in [-0.25, -0.2) is 0 Å². The minimum atomic E-state index is -0.457. The average molecular weight is 294 g/mol. The smallest absolute Gasteiger partial charge is 0.305 e. The molecule has 0 aliphatic heterocycles. The van der Waals surface area contributed by atoms with Crippen LogP contribution in [0.15, 0.2) is 24.3 Å². The molecule has 0 saturated carbocycles. The number of ether oxygens (including phenoxy) is 1. The molecule has 0 spiro atoms. The van der Waals surface area contributed by atoms with Gasteiger partial charge in [-0.1, -0.05) is 44.4 Å². The molecule has 21 heavy (non-hydrogen) atoms. The van der Waals surface area contributed by atoms with Gasteiger partial charge in [0.2, 0.25) is 0 Å². The summed E-state index contributed by atoms with van der Waals surface area (Å²) in [5.74, 6) is 0.106. The summed E-state index contributed by atoms with van der Waals surface area (Å²) in [6.07, 6.45) is 11.7. The van der Waals surface area contributed by atoms with Crippen molar-refractivity contribution < 1.29 is 19.4 Å². The number of hydrogen-bond donors (Lipinski definition) is 1. The lowest BCUT2D eigenvalue weighted by Gasteiger charge is -2.10. The van der Waals surface area contributed by atoms with Crippen LogP contribution < -0.4 is 0 Å². The molecule has 0 fully saturated rings. The Morgan fingerprint density at radius 2 is 2.10 bits per heavy atom. The summed E-state index contributed by atoms with van der Waals surface area (Å²) in [5.41, 5.74) is 0. The SMILES string of the molecule is COC(=O)CCCCCC[C@H](O)/C=C/[C@H]1C=CC(=O)[C@@H]1C. The first-order valence-corrected chi connectivity index (χ1v) is 7.70. The third-order valence-corrected chi connectivity index (χ3v) is 3.92. The van der Waals surface area contributed by atoms with Gasteiger partial charge in [0, 0.05) is 18.3 Å². The van der Waals surface area contributed by atoms with E-state index >= 15 is 0 Å². The fraction of sp³-hybridized carbons (Fsp3) is 0.647. The topological polar surface area (TPSA) is 63.6 Å². The zero-order chi connectivity index (χ0) is 15.7. The Kier molecular flexibility index (Phi) is 7.98. The Hall–Kier alpha value is -1.42. The molecule has 4 heteroatoms. The Morgan fingerprint density at radius 3 is 2.71 bits per heavy atom. The lowest BCUT2D eigenvalue weighted by Crippen LogP contribution is -2.10. The van der Waals surface area contributed by atoms with E-state index in [1.807, 2.05) is 19.1 Å². The number of allylic oxidation sites excluding steroid dienone is 3. The average Bonchev–Trinajstić information content (AvgIpc) is 2.79. The van der Waals surface area contributed by atoms with E-state index in [0.717, 1.165) is 25.7 Å². The molecule has 4 nitrogen and oxygen atoms in total. The third kappa shape index (κ3) is 6.71. The minimum absolute atomic E-state index is 0.00762. The Balaban J connectivity index is 2.09. The molecule has 1 aliphatic carbocycles. The van der Waals surface area contributed by atoms with Crippen molar-refractivity contribution in [3.05, 3.63) is 24.3 Å². The van der Waals surface area contributed by atoms with Crippen LogP contribution in [0.1, 0.15) is 45.4 Å². The van der Waals surface area contributed by atoms with Gasteiger partial charge in [0.1, 0.15) is 0 Å². The molecule has 0 bridgehead atoms. The molecule has 0 amide bonds. The van der Waals surface area contributed by atoms with Crippen molar-refractivity contribution in [2.45, 2.75) is 51.6 Å². The van der Waals surface area contributed by atoms with Gasteiger partial charge < -0.3 is 9.84 Å². The zero-order valence-electron chi connectivity index (χ0n) is 13.0. The van der Waals surface area contributed by atoms with Crippen LogP contribution in [0.3, 0.4) is 0 Å².